The van der Waals surface area contributed by atoms with E-state index in [2.05, 4.69) is 26.0 Å². The number of nitrogens with one attached hydrogen (secondary N) is 2. The monoisotopic (exact) mass is 485 g/mol. The summed E-state index contributed by atoms with van der Waals surface area (Å²) in [4.78, 5) is 21.7. The topological polar surface area (TPSA) is 128 Å². The van der Waals surface area contributed by atoms with Crippen LogP contribution >= 0.6 is 15.9 Å². The molecule has 0 spiro atoms. The second-order valence-corrected chi connectivity index (χ2v) is 8.59. The number of hydrogen-bond donors (Lipinski definition) is 2. The van der Waals surface area contributed by atoms with Gasteiger partial charge in [-0.25, -0.2) is 13.1 Å². The molecule has 11 heteroatoms. The fourth-order valence-corrected chi connectivity index (χ4v) is 3.75. The van der Waals surface area contributed by atoms with E-state index in [1.165, 1.54) is 18.2 Å². The maximum atomic E-state index is 12.2. The summed E-state index contributed by atoms with van der Waals surface area (Å²) < 4.78 is 33.0. The van der Waals surface area contributed by atoms with Crippen molar-refractivity contribution in [3.8, 4) is 5.75 Å². The first-order valence-corrected chi connectivity index (χ1v) is 10.9. The van der Waals surface area contributed by atoms with Gasteiger partial charge in [0.15, 0.2) is 0 Å². The minimum atomic E-state index is -3.90. The van der Waals surface area contributed by atoms with Crippen LogP contribution in [0.2, 0.25) is 0 Å². The number of rotatable bonds is 11. The van der Waals surface area contributed by atoms with Gasteiger partial charge in [-0.1, -0.05) is 28.1 Å². The van der Waals surface area contributed by atoms with E-state index in [0.29, 0.717) is 18.8 Å². The van der Waals surface area contributed by atoms with Gasteiger partial charge in [0.25, 0.3) is 5.69 Å². The molecule has 156 valence electrons. The van der Waals surface area contributed by atoms with Crippen LogP contribution in [0.25, 0.3) is 0 Å². The first-order valence-electron chi connectivity index (χ1n) is 8.67. The molecule has 0 saturated carbocycles. The van der Waals surface area contributed by atoms with Crippen LogP contribution in [-0.4, -0.2) is 38.9 Å². The van der Waals surface area contributed by atoms with Crippen LogP contribution < -0.4 is 14.8 Å². The second kappa shape index (κ2) is 10.9. The van der Waals surface area contributed by atoms with Crippen LogP contribution in [0.15, 0.2) is 57.9 Å². The molecular formula is C18H20BrN3O6S. The van der Waals surface area contributed by atoms with E-state index in [4.69, 9.17) is 4.74 Å². The molecule has 0 aromatic heterocycles. The molecule has 0 aliphatic carbocycles. The molecule has 2 rings (SSSR count). The standard InChI is InChI=1S/C18H20BrN3O6S/c19-14-4-1-6-16(12-14)28-11-3-8-18(23)20-9-10-21-29(26,27)17-7-2-5-15(13-17)22(24)25/h1-2,4-7,12-13,21H,3,8-11H2,(H,20,23). The third-order valence-electron chi connectivity index (χ3n) is 3.69. The average Bonchev–Trinajstić information content (AvgIpc) is 2.69. The highest BCUT2D eigenvalue weighted by Crippen LogP contribution is 2.18. The third-order valence-corrected chi connectivity index (χ3v) is 5.64. The SMILES string of the molecule is O=C(CCCOc1cccc(Br)c1)NCCNS(=O)(=O)c1cccc([N+](=O)[O-])c1. The summed E-state index contributed by atoms with van der Waals surface area (Å²) in [5, 5.41) is 13.4. The summed E-state index contributed by atoms with van der Waals surface area (Å²) in [6, 6.07) is 12.1. The van der Waals surface area contributed by atoms with Gasteiger partial charge in [0.1, 0.15) is 5.75 Å². The van der Waals surface area contributed by atoms with Crippen molar-refractivity contribution in [2.24, 2.45) is 0 Å². The van der Waals surface area contributed by atoms with Crippen LogP contribution in [-0.2, 0) is 14.8 Å². The van der Waals surface area contributed by atoms with Gasteiger partial charge in [0.2, 0.25) is 15.9 Å². The summed E-state index contributed by atoms with van der Waals surface area (Å²) in [5.41, 5.74) is -0.314. The van der Waals surface area contributed by atoms with Gasteiger partial charge < -0.3 is 10.1 Å². The highest BCUT2D eigenvalue weighted by Gasteiger charge is 2.17. The maximum absolute atomic E-state index is 12.2. The molecule has 0 unspecified atom stereocenters. The van der Waals surface area contributed by atoms with Crippen molar-refractivity contribution in [3.05, 3.63) is 63.1 Å². The lowest BCUT2D eigenvalue weighted by Gasteiger charge is -2.09. The van der Waals surface area contributed by atoms with E-state index in [1.807, 2.05) is 24.3 Å². The highest BCUT2D eigenvalue weighted by molar-refractivity contribution is 9.10. The van der Waals surface area contributed by atoms with Crippen LogP contribution in [0.5, 0.6) is 5.75 Å². The number of hydrogen-bond acceptors (Lipinski definition) is 6. The Bertz CT molecular complexity index is 968. The number of sulfonamides is 1. The van der Waals surface area contributed by atoms with Crippen LogP contribution in [0.1, 0.15) is 12.8 Å². The molecule has 0 saturated heterocycles. The summed E-state index contributed by atoms with van der Waals surface area (Å²) in [5.74, 6) is 0.479. The van der Waals surface area contributed by atoms with Crippen molar-refractivity contribution >= 4 is 37.5 Å². The van der Waals surface area contributed by atoms with E-state index in [9.17, 15) is 23.3 Å². The van der Waals surface area contributed by atoms with E-state index >= 15 is 0 Å². The van der Waals surface area contributed by atoms with Gasteiger partial charge in [-0.15, -0.1) is 0 Å². The lowest BCUT2D eigenvalue weighted by Crippen LogP contribution is -2.34. The number of non-ortho nitro benzene ring substituents is 1. The molecule has 0 aliphatic heterocycles. The Morgan fingerprint density at radius 1 is 1.14 bits per heavy atom. The molecule has 29 heavy (non-hydrogen) atoms. The third kappa shape index (κ3) is 7.80. The number of carbonyl (C=O) groups is 1. The summed E-state index contributed by atoms with van der Waals surface area (Å²) in [7, 11) is -3.90. The Balaban J connectivity index is 1.67. The molecule has 0 bridgehead atoms. The number of halogens is 1. The fourth-order valence-electron chi connectivity index (χ4n) is 2.30. The van der Waals surface area contributed by atoms with Crippen LogP contribution in [0.4, 0.5) is 5.69 Å². The van der Waals surface area contributed by atoms with Crippen LogP contribution in [0.3, 0.4) is 0 Å². The second-order valence-electron chi connectivity index (χ2n) is 5.91. The minimum absolute atomic E-state index is 0.0364. The van der Waals surface area contributed by atoms with E-state index in [0.717, 1.165) is 10.5 Å². The Morgan fingerprint density at radius 3 is 2.62 bits per heavy atom. The number of benzene rings is 2. The van der Waals surface area contributed by atoms with Gasteiger partial charge >= 0.3 is 0 Å². The smallest absolute Gasteiger partial charge is 0.270 e. The molecule has 0 radical (unpaired) electrons. The molecule has 0 heterocycles. The van der Waals surface area contributed by atoms with Gasteiger partial charge in [-0.2, -0.15) is 0 Å². The van der Waals surface area contributed by atoms with Gasteiger partial charge in [0.05, 0.1) is 16.4 Å². The van der Waals surface area contributed by atoms with E-state index < -0.39 is 14.9 Å². The minimum Gasteiger partial charge on any atom is -0.494 e. The van der Waals surface area contributed by atoms with Crippen molar-refractivity contribution < 1.29 is 22.9 Å². The number of carbonyl (C=O) groups excluding carboxylic acids is 1. The normalized spacial score (nSPS) is 11.1. The summed E-state index contributed by atoms with van der Waals surface area (Å²) in [6.45, 7) is 0.439. The lowest BCUT2D eigenvalue weighted by molar-refractivity contribution is -0.385. The molecule has 9 nitrogen and oxygen atoms in total. The number of nitro groups is 1. The van der Waals surface area contributed by atoms with Crippen molar-refractivity contribution in [2.45, 2.75) is 17.7 Å². The zero-order valence-electron chi connectivity index (χ0n) is 15.3. The number of ether oxygens (including phenoxy) is 1. The van der Waals surface area contributed by atoms with Crippen molar-refractivity contribution in [1.29, 1.82) is 0 Å². The Morgan fingerprint density at radius 2 is 1.90 bits per heavy atom. The Hall–Kier alpha value is -2.50. The Labute approximate surface area is 176 Å². The zero-order chi connectivity index (χ0) is 21.3. The van der Waals surface area contributed by atoms with Crippen LogP contribution in [0, 0.1) is 10.1 Å². The number of nitrogens with zero attached hydrogens (tertiary/aromatic N) is 1. The fraction of sp³-hybridized carbons (Fsp3) is 0.278. The quantitative estimate of drug-likeness (QED) is 0.286. The average molecular weight is 486 g/mol. The maximum Gasteiger partial charge on any atom is 0.270 e. The molecule has 2 N–H and O–H groups in total. The first kappa shape index (κ1) is 22.8. The molecule has 2 aromatic carbocycles. The molecule has 1 amide bonds. The predicted molar refractivity (Wildman–Crippen MR) is 110 cm³/mol. The summed E-state index contributed by atoms with van der Waals surface area (Å²) in [6.07, 6.45) is 0.753. The van der Waals surface area contributed by atoms with E-state index in [-0.39, 0.29) is 36.0 Å². The molecular weight excluding hydrogens is 466 g/mol. The van der Waals surface area contributed by atoms with Gasteiger partial charge in [-0.05, 0) is 30.7 Å². The first-order chi connectivity index (χ1) is 13.8. The van der Waals surface area contributed by atoms with Crippen molar-refractivity contribution in [2.75, 3.05) is 19.7 Å². The van der Waals surface area contributed by atoms with E-state index in [1.54, 1.807) is 0 Å². The largest absolute Gasteiger partial charge is 0.494 e. The number of amides is 1. The summed E-state index contributed by atoms with van der Waals surface area (Å²) >= 11 is 3.35. The highest BCUT2D eigenvalue weighted by atomic mass is 79.9. The molecule has 0 fully saturated rings. The Kier molecular flexibility index (Phi) is 8.55. The zero-order valence-corrected chi connectivity index (χ0v) is 17.7. The number of nitro benzene ring substituents is 1. The van der Waals surface area contributed by atoms with Gasteiger partial charge in [0, 0.05) is 36.1 Å². The lowest BCUT2D eigenvalue weighted by atomic mass is 10.3. The van der Waals surface area contributed by atoms with Gasteiger partial charge in [-0.3, -0.25) is 14.9 Å². The molecule has 2 aromatic rings. The van der Waals surface area contributed by atoms with Crippen molar-refractivity contribution in [3.63, 3.8) is 0 Å². The predicted octanol–water partition coefficient (Wildman–Crippen LogP) is 2.61. The van der Waals surface area contributed by atoms with Crippen molar-refractivity contribution in [1.82, 2.24) is 10.0 Å². The molecule has 0 aliphatic rings. The molecule has 0 atom stereocenters.